The van der Waals surface area contributed by atoms with Crippen LogP contribution in [0.3, 0.4) is 0 Å². The van der Waals surface area contributed by atoms with Crippen LogP contribution in [0.25, 0.3) is 0 Å². The highest BCUT2D eigenvalue weighted by Gasteiger charge is 2.25. The van der Waals surface area contributed by atoms with Crippen LogP contribution in [0.4, 0.5) is 0 Å². The zero-order valence-corrected chi connectivity index (χ0v) is 12.6. The first-order chi connectivity index (χ1) is 8.67. The van der Waals surface area contributed by atoms with E-state index in [0.29, 0.717) is 11.8 Å². The molecule has 0 aliphatic heterocycles. The summed E-state index contributed by atoms with van der Waals surface area (Å²) in [6.45, 7) is 5.03. The molecule has 0 spiro atoms. The van der Waals surface area contributed by atoms with Gasteiger partial charge in [0.05, 0.1) is 0 Å². The summed E-state index contributed by atoms with van der Waals surface area (Å²) in [4.78, 5) is 12.0. The van der Waals surface area contributed by atoms with Gasteiger partial charge < -0.3 is 5.32 Å². The average molecular weight is 274 g/mol. The summed E-state index contributed by atoms with van der Waals surface area (Å²) in [5.74, 6) is 2.36. The van der Waals surface area contributed by atoms with Crippen LogP contribution in [-0.2, 0) is 4.79 Å². The highest BCUT2D eigenvalue weighted by molar-refractivity contribution is 6.18. The van der Waals surface area contributed by atoms with Gasteiger partial charge in [0.25, 0.3) is 0 Å². The third kappa shape index (κ3) is 5.60. The molecule has 0 radical (unpaired) electrons. The van der Waals surface area contributed by atoms with Gasteiger partial charge in [-0.15, -0.1) is 11.6 Å². The Hall–Kier alpha value is -0.240. The van der Waals surface area contributed by atoms with Crippen molar-refractivity contribution in [1.29, 1.82) is 0 Å². The Kier molecular flexibility index (Phi) is 7.73. The Morgan fingerprint density at radius 3 is 2.56 bits per heavy atom. The molecule has 3 heteroatoms. The smallest absolute Gasteiger partial charge is 0.223 e. The van der Waals surface area contributed by atoms with Crippen molar-refractivity contribution in [1.82, 2.24) is 5.32 Å². The molecule has 1 aliphatic carbocycles. The van der Waals surface area contributed by atoms with Crippen LogP contribution >= 0.6 is 11.6 Å². The lowest BCUT2D eigenvalue weighted by molar-refractivity contribution is -0.126. The van der Waals surface area contributed by atoms with Gasteiger partial charge in [-0.2, -0.15) is 0 Å². The lowest BCUT2D eigenvalue weighted by Gasteiger charge is -2.28. The number of amides is 1. The summed E-state index contributed by atoms with van der Waals surface area (Å²) in [7, 11) is 0. The van der Waals surface area contributed by atoms with E-state index in [4.69, 9.17) is 11.6 Å². The van der Waals surface area contributed by atoms with E-state index >= 15 is 0 Å². The van der Waals surface area contributed by atoms with Crippen LogP contribution in [-0.4, -0.2) is 18.3 Å². The highest BCUT2D eigenvalue weighted by atomic mass is 35.5. The van der Waals surface area contributed by atoms with Gasteiger partial charge in [0.1, 0.15) is 0 Å². The summed E-state index contributed by atoms with van der Waals surface area (Å²) in [6.07, 6.45) is 8.62. The number of unbranched alkanes of at least 4 members (excludes halogenated alkanes) is 1. The van der Waals surface area contributed by atoms with E-state index in [1.54, 1.807) is 0 Å². The van der Waals surface area contributed by atoms with Gasteiger partial charge in [0, 0.05) is 18.3 Å². The summed E-state index contributed by atoms with van der Waals surface area (Å²) < 4.78 is 0. The normalized spacial score (nSPS) is 25.7. The van der Waals surface area contributed by atoms with Crippen molar-refractivity contribution in [3.63, 3.8) is 0 Å². The minimum Gasteiger partial charge on any atom is -0.356 e. The first kappa shape index (κ1) is 15.8. The maximum Gasteiger partial charge on any atom is 0.223 e. The Labute approximate surface area is 117 Å². The van der Waals surface area contributed by atoms with Crippen LogP contribution in [0.2, 0.25) is 0 Å². The SMILES string of the molecule is CCCCC1CCC(C(=O)NCC(C)CCl)CC1. The first-order valence-corrected chi connectivity index (χ1v) is 8.04. The predicted molar refractivity (Wildman–Crippen MR) is 77.9 cm³/mol. The zero-order valence-electron chi connectivity index (χ0n) is 11.9. The molecular formula is C15H28ClNO. The molecule has 1 rings (SSSR count). The predicted octanol–water partition coefficient (Wildman–Crippen LogP) is 3.97. The number of carbonyl (C=O) groups is 1. The van der Waals surface area contributed by atoms with Gasteiger partial charge in [-0.25, -0.2) is 0 Å². The monoisotopic (exact) mass is 273 g/mol. The number of carbonyl (C=O) groups excluding carboxylic acids is 1. The van der Waals surface area contributed by atoms with Crippen LogP contribution in [0.1, 0.15) is 58.8 Å². The van der Waals surface area contributed by atoms with Gasteiger partial charge in [-0.05, 0) is 37.5 Å². The van der Waals surface area contributed by atoms with E-state index in [1.807, 2.05) is 0 Å². The number of hydrogen-bond donors (Lipinski definition) is 1. The van der Waals surface area contributed by atoms with Crippen LogP contribution in [0.15, 0.2) is 0 Å². The summed E-state index contributed by atoms with van der Waals surface area (Å²) in [5.41, 5.74) is 0. The van der Waals surface area contributed by atoms with Gasteiger partial charge >= 0.3 is 0 Å². The minimum atomic E-state index is 0.251. The highest BCUT2D eigenvalue weighted by Crippen LogP contribution is 2.31. The molecule has 0 saturated heterocycles. The Bertz CT molecular complexity index is 237. The summed E-state index contributed by atoms with van der Waals surface area (Å²) in [6, 6.07) is 0. The Morgan fingerprint density at radius 1 is 1.33 bits per heavy atom. The molecule has 0 aromatic heterocycles. The number of alkyl halides is 1. The molecule has 1 N–H and O–H groups in total. The Balaban J connectivity index is 2.19. The molecule has 1 fully saturated rings. The molecule has 1 saturated carbocycles. The molecular weight excluding hydrogens is 246 g/mol. The Morgan fingerprint density at radius 2 is 2.00 bits per heavy atom. The lowest BCUT2D eigenvalue weighted by atomic mass is 9.79. The molecule has 0 bridgehead atoms. The molecule has 2 nitrogen and oxygen atoms in total. The zero-order chi connectivity index (χ0) is 13.4. The van der Waals surface area contributed by atoms with Gasteiger partial charge in [0.15, 0.2) is 0 Å². The third-order valence-corrected chi connectivity index (χ3v) is 4.60. The third-order valence-electron chi connectivity index (χ3n) is 4.07. The second-order valence-electron chi connectivity index (χ2n) is 5.86. The standard InChI is InChI=1S/C15H28ClNO/c1-3-4-5-13-6-8-14(9-7-13)15(18)17-11-12(2)10-16/h12-14H,3-11H2,1-2H3,(H,17,18). The topological polar surface area (TPSA) is 29.1 Å². The summed E-state index contributed by atoms with van der Waals surface area (Å²) in [5, 5.41) is 3.04. The van der Waals surface area contributed by atoms with Crippen molar-refractivity contribution >= 4 is 17.5 Å². The van der Waals surface area contributed by atoms with Gasteiger partial charge in [-0.1, -0.05) is 33.1 Å². The van der Waals surface area contributed by atoms with E-state index in [0.717, 1.165) is 25.3 Å². The van der Waals surface area contributed by atoms with Gasteiger partial charge in [0.2, 0.25) is 5.91 Å². The molecule has 1 aliphatic rings. The molecule has 18 heavy (non-hydrogen) atoms. The molecule has 106 valence electrons. The average Bonchev–Trinajstić information content (AvgIpc) is 2.42. The maximum absolute atomic E-state index is 12.0. The van der Waals surface area contributed by atoms with E-state index in [1.165, 1.54) is 32.1 Å². The van der Waals surface area contributed by atoms with Crippen molar-refractivity contribution in [2.75, 3.05) is 12.4 Å². The minimum absolute atomic E-state index is 0.251. The van der Waals surface area contributed by atoms with Crippen molar-refractivity contribution in [2.45, 2.75) is 58.8 Å². The second kappa shape index (κ2) is 8.79. The molecule has 1 atom stereocenters. The fourth-order valence-electron chi connectivity index (χ4n) is 2.68. The van der Waals surface area contributed by atoms with E-state index < -0.39 is 0 Å². The van der Waals surface area contributed by atoms with Crippen LogP contribution in [0.5, 0.6) is 0 Å². The fourth-order valence-corrected chi connectivity index (χ4v) is 2.79. The summed E-state index contributed by atoms with van der Waals surface area (Å²) >= 11 is 5.74. The van der Waals surface area contributed by atoms with Crippen molar-refractivity contribution < 1.29 is 4.79 Å². The number of rotatable bonds is 7. The van der Waals surface area contributed by atoms with Gasteiger partial charge in [-0.3, -0.25) is 4.79 Å². The van der Waals surface area contributed by atoms with Crippen LogP contribution in [0, 0.1) is 17.8 Å². The van der Waals surface area contributed by atoms with E-state index in [9.17, 15) is 4.79 Å². The molecule has 1 amide bonds. The van der Waals surface area contributed by atoms with Crippen LogP contribution < -0.4 is 5.32 Å². The number of hydrogen-bond acceptors (Lipinski definition) is 1. The largest absolute Gasteiger partial charge is 0.356 e. The molecule has 0 aromatic rings. The second-order valence-corrected chi connectivity index (χ2v) is 6.17. The molecule has 1 unspecified atom stereocenters. The van der Waals surface area contributed by atoms with Crippen molar-refractivity contribution in [2.24, 2.45) is 17.8 Å². The molecule has 0 aromatic carbocycles. The van der Waals surface area contributed by atoms with Crippen molar-refractivity contribution in [3.05, 3.63) is 0 Å². The molecule has 0 heterocycles. The number of halogens is 1. The maximum atomic E-state index is 12.0. The van der Waals surface area contributed by atoms with Crippen molar-refractivity contribution in [3.8, 4) is 0 Å². The first-order valence-electron chi connectivity index (χ1n) is 7.51. The number of nitrogens with one attached hydrogen (secondary N) is 1. The van der Waals surface area contributed by atoms with E-state index in [2.05, 4.69) is 19.2 Å². The van der Waals surface area contributed by atoms with E-state index in [-0.39, 0.29) is 11.8 Å². The quantitative estimate of drug-likeness (QED) is 0.699. The fraction of sp³-hybridized carbons (Fsp3) is 0.933. The lowest BCUT2D eigenvalue weighted by Crippen LogP contribution is -2.36.